The number of urea groups is 1. The Bertz CT molecular complexity index is 253. The molecule has 0 aromatic rings. The molecule has 1 fully saturated rings. The Morgan fingerprint density at radius 3 is 2.50 bits per heavy atom. The van der Waals surface area contributed by atoms with Gasteiger partial charge in [0.1, 0.15) is 0 Å². The molecule has 1 unspecified atom stereocenters. The standard InChI is InChI=1S/C9H16BrClN2O3/c1-15-5-3-12-7-9(10,11)13(8(12)14)4-6-16-2/h3-7H2,1-2H3. The van der Waals surface area contributed by atoms with Gasteiger partial charge in [-0.3, -0.25) is 4.90 Å². The third-order valence-corrected chi connectivity index (χ3v) is 3.36. The molecule has 1 atom stereocenters. The summed E-state index contributed by atoms with van der Waals surface area (Å²) in [6.45, 7) is 2.40. The van der Waals surface area contributed by atoms with Gasteiger partial charge in [-0.25, -0.2) is 4.79 Å². The third kappa shape index (κ3) is 3.23. The van der Waals surface area contributed by atoms with Crippen molar-refractivity contribution >= 4 is 33.6 Å². The first-order valence-corrected chi connectivity index (χ1v) is 6.12. The van der Waals surface area contributed by atoms with Crippen LogP contribution in [0.1, 0.15) is 0 Å². The summed E-state index contributed by atoms with van der Waals surface area (Å²) in [6.07, 6.45) is 0. The van der Waals surface area contributed by atoms with Crippen molar-refractivity contribution in [1.29, 1.82) is 0 Å². The summed E-state index contributed by atoms with van der Waals surface area (Å²) in [4.78, 5) is 15.2. The zero-order valence-electron chi connectivity index (χ0n) is 9.41. The highest BCUT2D eigenvalue weighted by molar-refractivity contribution is 9.10. The molecule has 0 aromatic carbocycles. The molecule has 16 heavy (non-hydrogen) atoms. The minimum absolute atomic E-state index is 0.0963. The predicted molar refractivity (Wildman–Crippen MR) is 64.9 cm³/mol. The van der Waals surface area contributed by atoms with E-state index in [4.69, 9.17) is 21.1 Å². The molecule has 0 saturated carbocycles. The van der Waals surface area contributed by atoms with Crippen LogP contribution in [0.15, 0.2) is 0 Å². The fourth-order valence-electron chi connectivity index (χ4n) is 1.51. The molecule has 7 heteroatoms. The van der Waals surface area contributed by atoms with E-state index in [9.17, 15) is 4.79 Å². The molecule has 0 spiro atoms. The number of ether oxygens (including phenoxy) is 2. The van der Waals surface area contributed by atoms with Gasteiger partial charge in [-0.15, -0.1) is 0 Å². The molecule has 0 radical (unpaired) electrons. The molecule has 94 valence electrons. The van der Waals surface area contributed by atoms with E-state index in [2.05, 4.69) is 15.9 Å². The summed E-state index contributed by atoms with van der Waals surface area (Å²) >= 11 is 9.57. The molecule has 1 aliphatic heterocycles. The van der Waals surface area contributed by atoms with Crippen molar-refractivity contribution in [2.24, 2.45) is 0 Å². The van der Waals surface area contributed by atoms with Crippen LogP contribution in [0, 0.1) is 0 Å². The lowest BCUT2D eigenvalue weighted by Gasteiger charge is -2.24. The van der Waals surface area contributed by atoms with Crippen LogP contribution in [0.2, 0.25) is 0 Å². The molecule has 0 aromatic heterocycles. The predicted octanol–water partition coefficient (Wildman–Crippen LogP) is 1.30. The highest BCUT2D eigenvalue weighted by Gasteiger charge is 2.46. The minimum atomic E-state index is -0.837. The van der Waals surface area contributed by atoms with Gasteiger partial charge in [-0.2, -0.15) is 0 Å². The molecular weight excluding hydrogens is 299 g/mol. The Morgan fingerprint density at radius 2 is 1.94 bits per heavy atom. The van der Waals surface area contributed by atoms with Gasteiger partial charge in [-0.05, 0) is 15.9 Å². The lowest BCUT2D eigenvalue weighted by Crippen LogP contribution is -2.40. The first-order chi connectivity index (χ1) is 7.53. The Balaban J connectivity index is 2.59. The quantitative estimate of drug-likeness (QED) is 0.548. The van der Waals surface area contributed by atoms with Gasteiger partial charge >= 0.3 is 6.03 Å². The van der Waals surface area contributed by atoms with Crippen LogP contribution < -0.4 is 0 Å². The SMILES string of the molecule is COCCN1CC(Cl)(Br)N(CCOC)C1=O. The maximum atomic E-state index is 12.0. The normalized spacial score (nSPS) is 25.6. The van der Waals surface area contributed by atoms with E-state index in [1.807, 2.05) is 0 Å². The highest BCUT2D eigenvalue weighted by Crippen LogP contribution is 2.35. The van der Waals surface area contributed by atoms with E-state index in [0.29, 0.717) is 32.8 Å². The van der Waals surface area contributed by atoms with Crippen LogP contribution >= 0.6 is 27.5 Å². The first kappa shape index (κ1) is 14.0. The number of alkyl halides is 2. The van der Waals surface area contributed by atoms with Gasteiger partial charge in [0.05, 0.1) is 19.8 Å². The van der Waals surface area contributed by atoms with E-state index in [0.717, 1.165) is 0 Å². The van der Waals surface area contributed by atoms with Crippen LogP contribution in [-0.4, -0.2) is 66.8 Å². The molecule has 1 saturated heterocycles. The molecule has 1 aliphatic rings. The Kier molecular flexibility index (Phi) is 5.30. The van der Waals surface area contributed by atoms with Crippen LogP contribution in [0.25, 0.3) is 0 Å². The molecule has 0 bridgehead atoms. The Hall–Kier alpha value is -0.0400. The smallest absolute Gasteiger partial charge is 0.322 e. The van der Waals surface area contributed by atoms with Crippen LogP contribution in [0.5, 0.6) is 0 Å². The zero-order chi connectivity index (χ0) is 12.2. The average molecular weight is 316 g/mol. The fourth-order valence-corrected chi connectivity index (χ4v) is 2.44. The number of carbonyl (C=O) groups is 1. The van der Waals surface area contributed by atoms with Crippen molar-refractivity contribution in [3.63, 3.8) is 0 Å². The summed E-state index contributed by atoms with van der Waals surface area (Å²) in [7, 11) is 3.19. The number of methoxy groups -OCH3 is 2. The number of amides is 2. The fraction of sp³-hybridized carbons (Fsp3) is 0.889. The summed E-state index contributed by atoms with van der Waals surface area (Å²) in [6, 6.07) is -0.0963. The van der Waals surface area contributed by atoms with Gasteiger partial charge < -0.3 is 14.4 Å². The zero-order valence-corrected chi connectivity index (χ0v) is 11.8. The number of hydrogen-bond donors (Lipinski definition) is 0. The molecule has 5 nitrogen and oxygen atoms in total. The second-order valence-corrected chi connectivity index (χ2v) is 5.90. The molecule has 1 rings (SSSR count). The van der Waals surface area contributed by atoms with Crippen molar-refractivity contribution in [2.45, 2.75) is 3.91 Å². The largest absolute Gasteiger partial charge is 0.383 e. The number of halogens is 2. The number of carbonyl (C=O) groups excluding carboxylic acids is 1. The maximum absolute atomic E-state index is 12.0. The number of rotatable bonds is 6. The monoisotopic (exact) mass is 314 g/mol. The van der Waals surface area contributed by atoms with Crippen molar-refractivity contribution in [1.82, 2.24) is 9.80 Å². The van der Waals surface area contributed by atoms with E-state index >= 15 is 0 Å². The number of nitrogens with zero attached hydrogens (tertiary/aromatic N) is 2. The van der Waals surface area contributed by atoms with E-state index in [1.54, 1.807) is 24.0 Å². The molecule has 0 aliphatic carbocycles. The second kappa shape index (κ2) is 6.05. The van der Waals surface area contributed by atoms with Crippen LogP contribution in [-0.2, 0) is 9.47 Å². The van der Waals surface area contributed by atoms with Crippen molar-refractivity contribution < 1.29 is 14.3 Å². The van der Waals surface area contributed by atoms with E-state index in [1.165, 1.54) is 0 Å². The summed E-state index contributed by atoms with van der Waals surface area (Å²) in [5, 5.41) is 0. The highest BCUT2D eigenvalue weighted by atomic mass is 79.9. The number of hydrogen-bond acceptors (Lipinski definition) is 3. The Labute approximate surface area is 109 Å². The van der Waals surface area contributed by atoms with Gasteiger partial charge in [-0.1, -0.05) is 11.6 Å². The lowest BCUT2D eigenvalue weighted by atomic mass is 10.5. The molecular formula is C9H16BrClN2O3. The molecule has 0 N–H and O–H groups in total. The third-order valence-electron chi connectivity index (χ3n) is 2.36. The van der Waals surface area contributed by atoms with Crippen molar-refractivity contribution in [2.75, 3.05) is 47.1 Å². The summed E-state index contributed by atoms with van der Waals surface area (Å²) in [5.41, 5.74) is 0. The lowest BCUT2D eigenvalue weighted by molar-refractivity contribution is 0.140. The average Bonchev–Trinajstić information content (AvgIpc) is 2.44. The first-order valence-electron chi connectivity index (χ1n) is 4.95. The van der Waals surface area contributed by atoms with Gasteiger partial charge in [0.2, 0.25) is 0 Å². The van der Waals surface area contributed by atoms with E-state index in [-0.39, 0.29) is 6.03 Å². The second-order valence-electron chi connectivity index (χ2n) is 3.51. The van der Waals surface area contributed by atoms with Gasteiger partial charge in [0, 0.05) is 27.3 Å². The van der Waals surface area contributed by atoms with Crippen LogP contribution in [0.3, 0.4) is 0 Å². The molecule has 1 heterocycles. The van der Waals surface area contributed by atoms with Crippen molar-refractivity contribution in [3.05, 3.63) is 0 Å². The maximum Gasteiger partial charge on any atom is 0.322 e. The topological polar surface area (TPSA) is 42.0 Å². The Morgan fingerprint density at radius 1 is 1.38 bits per heavy atom. The van der Waals surface area contributed by atoms with Gasteiger partial charge in [0.25, 0.3) is 0 Å². The van der Waals surface area contributed by atoms with Gasteiger partial charge in [0.15, 0.2) is 3.91 Å². The minimum Gasteiger partial charge on any atom is -0.383 e. The van der Waals surface area contributed by atoms with Crippen LogP contribution in [0.4, 0.5) is 4.79 Å². The summed E-state index contributed by atoms with van der Waals surface area (Å²) < 4.78 is 9.05. The molecule has 2 amide bonds. The van der Waals surface area contributed by atoms with Crippen molar-refractivity contribution in [3.8, 4) is 0 Å². The summed E-state index contributed by atoms with van der Waals surface area (Å²) in [5.74, 6) is 0. The van der Waals surface area contributed by atoms with E-state index < -0.39 is 3.91 Å².